The average Bonchev–Trinajstić information content (AvgIpc) is 2.70. The number of benzene rings is 2. The molecule has 0 aliphatic carbocycles. The first-order valence-corrected chi connectivity index (χ1v) is 10.9. The summed E-state index contributed by atoms with van der Waals surface area (Å²) in [6, 6.07) is 15.2. The summed E-state index contributed by atoms with van der Waals surface area (Å²) in [5.74, 6) is -0.980. The predicted octanol–water partition coefficient (Wildman–Crippen LogP) is 3.88. The first-order chi connectivity index (χ1) is 13.9. The van der Waals surface area contributed by atoms with E-state index in [1.165, 1.54) is 13.0 Å². The van der Waals surface area contributed by atoms with E-state index in [0.29, 0.717) is 12.0 Å². The van der Waals surface area contributed by atoms with Gasteiger partial charge in [-0.1, -0.05) is 55.8 Å². The molecule has 2 aromatic carbocycles. The Hall–Kier alpha value is -2.93. The van der Waals surface area contributed by atoms with Gasteiger partial charge in [0.15, 0.2) is 11.5 Å². The van der Waals surface area contributed by atoms with Gasteiger partial charge in [0.05, 0.1) is 11.4 Å². The van der Waals surface area contributed by atoms with Crippen molar-refractivity contribution in [1.29, 1.82) is 0 Å². The maximum Gasteiger partial charge on any atom is 0.311 e. The van der Waals surface area contributed by atoms with Gasteiger partial charge in [-0.3, -0.25) is 13.9 Å². The number of ether oxygens (including phenoxy) is 1. The number of ketones is 1. The van der Waals surface area contributed by atoms with Gasteiger partial charge in [0.25, 0.3) is 10.0 Å². The number of Topliss-reactive ketones (excluding diaryl/α,β-unsaturated/α-hetero) is 1. The molecular weight excluding hydrogens is 390 g/mol. The number of hydrogen-bond acceptors (Lipinski definition) is 5. The second-order valence-electron chi connectivity index (χ2n) is 6.80. The van der Waals surface area contributed by atoms with Crippen LogP contribution in [0.25, 0.3) is 5.76 Å². The molecule has 0 aromatic heterocycles. The fourth-order valence-corrected chi connectivity index (χ4v) is 4.89. The lowest BCUT2D eigenvalue weighted by molar-refractivity contribution is -0.136. The van der Waals surface area contributed by atoms with Crippen LogP contribution in [0.3, 0.4) is 0 Å². The molecule has 0 amide bonds. The maximum atomic E-state index is 13.3. The van der Waals surface area contributed by atoms with Crippen LogP contribution in [-0.2, 0) is 30.9 Å². The number of carbonyl (C=O) groups excluding carboxylic acids is 2. The monoisotopic (exact) mass is 413 g/mol. The van der Waals surface area contributed by atoms with Crippen LogP contribution in [0, 0.1) is 0 Å². The Morgan fingerprint density at radius 3 is 2.31 bits per heavy atom. The zero-order chi connectivity index (χ0) is 21.0. The van der Waals surface area contributed by atoms with Crippen LogP contribution >= 0.6 is 0 Å². The zero-order valence-electron chi connectivity index (χ0n) is 16.4. The number of hydrogen-bond donors (Lipinski definition) is 0. The molecule has 0 spiro atoms. The van der Waals surface area contributed by atoms with Gasteiger partial charge >= 0.3 is 5.97 Å². The van der Waals surface area contributed by atoms with Crippen molar-refractivity contribution >= 4 is 27.5 Å². The normalized spacial score (nSPS) is 15.0. The number of esters is 1. The van der Waals surface area contributed by atoms with Gasteiger partial charge in [0.1, 0.15) is 5.70 Å². The van der Waals surface area contributed by atoms with Gasteiger partial charge in [-0.25, -0.2) is 8.42 Å². The van der Waals surface area contributed by atoms with Gasteiger partial charge in [0.2, 0.25) is 0 Å². The lowest BCUT2D eigenvalue weighted by Crippen LogP contribution is -2.37. The molecule has 0 atom stereocenters. The summed E-state index contributed by atoms with van der Waals surface area (Å²) in [5.41, 5.74) is 0.815. The molecule has 3 rings (SSSR count). The molecule has 0 bridgehead atoms. The van der Waals surface area contributed by atoms with Crippen LogP contribution in [-0.4, -0.2) is 24.5 Å². The van der Waals surface area contributed by atoms with Crippen molar-refractivity contribution in [2.45, 2.75) is 44.6 Å². The molecule has 0 saturated heterocycles. The van der Waals surface area contributed by atoms with E-state index in [9.17, 15) is 18.0 Å². The highest BCUT2D eigenvalue weighted by Crippen LogP contribution is 2.38. The number of fused-ring (bicyclic) bond motifs is 1. The van der Waals surface area contributed by atoms with Crippen LogP contribution in [0.1, 0.15) is 44.2 Å². The second-order valence-corrected chi connectivity index (χ2v) is 8.64. The van der Waals surface area contributed by atoms with Crippen LogP contribution in [0.15, 0.2) is 65.2 Å². The van der Waals surface area contributed by atoms with E-state index in [4.69, 9.17) is 4.74 Å². The van der Waals surface area contributed by atoms with E-state index in [1.54, 1.807) is 42.5 Å². The van der Waals surface area contributed by atoms with Gasteiger partial charge in [-0.05, 0) is 24.1 Å². The summed E-state index contributed by atoms with van der Waals surface area (Å²) in [7, 11) is -4.00. The molecule has 1 aliphatic rings. The molecule has 0 radical (unpaired) electrons. The first-order valence-electron chi connectivity index (χ1n) is 9.48. The highest BCUT2D eigenvalue weighted by Gasteiger charge is 2.40. The summed E-state index contributed by atoms with van der Waals surface area (Å²) in [6.45, 7) is 3.19. The van der Waals surface area contributed by atoms with E-state index in [0.717, 1.165) is 10.7 Å². The maximum absolute atomic E-state index is 13.3. The van der Waals surface area contributed by atoms with E-state index in [-0.39, 0.29) is 34.9 Å². The molecule has 0 N–H and O–H groups in total. The van der Waals surface area contributed by atoms with E-state index in [1.807, 2.05) is 13.0 Å². The summed E-state index contributed by atoms with van der Waals surface area (Å²) < 4.78 is 33.3. The van der Waals surface area contributed by atoms with Gasteiger partial charge in [-0.2, -0.15) is 0 Å². The highest BCUT2D eigenvalue weighted by atomic mass is 32.2. The SMILES string of the molecule is CCCCC(=O)OC1=C(C(C)=O)N(Cc2ccccc2)S(=O)(=O)c2ccccc21. The molecule has 7 heteroatoms. The minimum atomic E-state index is -4.00. The fraction of sp³-hybridized carbons (Fsp3) is 0.273. The topological polar surface area (TPSA) is 80.8 Å². The Morgan fingerprint density at radius 2 is 1.66 bits per heavy atom. The van der Waals surface area contributed by atoms with Gasteiger partial charge in [-0.15, -0.1) is 0 Å². The Kier molecular flexibility index (Phi) is 6.17. The Balaban J connectivity index is 2.17. The van der Waals surface area contributed by atoms with Crippen molar-refractivity contribution in [1.82, 2.24) is 4.31 Å². The zero-order valence-corrected chi connectivity index (χ0v) is 17.2. The summed E-state index contributed by atoms with van der Waals surface area (Å²) in [5, 5.41) is 0. The average molecular weight is 413 g/mol. The second kappa shape index (κ2) is 8.61. The van der Waals surface area contributed by atoms with Crippen LogP contribution < -0.4 is 0 Å². The summed E-state index contributed by atoms with van der Waals surface area (Å²) in [6.07, 6.45) is 1.66. The molecule has 1 aliphatic heterocycles. The van der Waals surface area contributed by atoms with Gasteiger partial charge < -0.3 is 4.74 Å². The van der Waals surface area contributed by atoms with Crippen molar-refractivity contribution in [3.05, 3.63) is 71.4 Å². The standard InChI is InChI=1S/C22H23NO5S/c1-3-4-14-20(25)28-22-18-12-8-9-13-19(18)29(26,27)23(21(22)16(2)24)15-17-10-6-5-7-11-17/h5-13H,3-4,14-15H2,1-2H3. The third kappa shape index (κ3) is 4.24. The Bertz CT molecular complexity index is 1060. The van der Waals surface area contributed by atoms with Crippen molar-refractivity contribution in [3.63, 3.8) is 0 Å². The lowest BCUT2D eigenvalue weighted by atomic mass is 10.1. The third-order valence-electron chi connectivity index (χ3n) is 4.62. The lowest BCUT2D eigenvalue weighted by Gasteiger charge is -2.32. The molecule has 0 saturated carbocycles. The van der Waals surface area contributed by atoms with Crippen molar-refractivity contribution < 1.29 is 22.7 Å². The molecule has 0 fully saturated rings. The van der Waals surface area contributed by atoms with E-state index in [2.05, 4.69) is 0 Å². The molecular formula is C22H23NO5S. The summed E-state index contributed by atoms with van der Waals surface area (Å²) >= 11 is 0. The molecule has 2 aromatic rings. The van der Waals surface area contributed by atoms with Crippen molar-refractivity contribution in [3.8, 4) is 0 Å². The minimum Gasteiger partial charge on any atom is -0.423 e. The number of carbonyl (C=O) groups is 2. The van der Waals surface area contributed by atoms with Crippen LogP contribution in [0.5, 0.6) is 0 Å². The molecule has 0 unspecified atom stereocenters. The van der Waals surface area contributed by atoms with Crippen molar-refractivity contribution in [2.75, 3.05) is 0 Å². The number of nitrogens with zero attached hydrogens (tertiary/aromatic N) is 1. The van der Waals surface area contributed by atoms with Crippen LogP contribution in [0.2, 0.25) is 0 Å². The van der Waals surface area contributed by atoms with Crippen LogP contribution in [0.4, 0.5) is 0 Å². The molecule has 6 nitrogen and oxygen atoms in total. The quantitative estimate of drug-likeness (QED) is 0.644. The molecule has 152 valence electrons. The number of unbranched alkanes of at least 4 members (excludes halogenated alkanes) is 1. The summed E-state index contributed by atoms with van der Waals surface area (Å²) in [4.78, 5) is 24.9. The number of rotatable bonds is 7. The number of allylic oxidation sites excluding steroid dienone is 1. The Morgan fingerprint density at radius 1 is 1.00 bits per heavy atom. The van der Waals surface area contributed by atoms with E-state index >= 15 is 0 Å². The molecule has 1 heterocycles. The predicted molar refractivity (Wildman–Crippen MR) is 109 cm³/mol. The smallest absolute Gasteiger partial charge is 0.311 e. The fourth-order valence-electron chi connectivity index (χ4n) is 3.20. The number of sulfonamides is 1. The highest BCUT2D eigenvalue weighted by molar-refractivity contribution is 7.89. The largest absolute Gasteiger partial charge is 0.423 e. The first kappa shape index (κ1) is 20.8. The van der Waals surface area contributed by atoms with E-state index < -0.39 is 21.8 Å². The van der Waals surface area contributed by atoms with Gasteiger partial charge in [0, 0.05) is 18.9 Å². The minimum absolute atomic E-state index is 0.0000378. The Labute approximate surface area is 170 Å². The molecule has 29 heavy (non-hydrogen) atoms. The van der Waals surface area contributed by atoms with Crippen molar-refractivity contribution in [2.24, 2.45) is 0 Å². The third-order valence-corrected chi connectivity index (χ3v) is 6.42.